The van der Waals surface area contributed by atoms with Gasteiger partial charge in [0.25, 0.3) is 0 Å². The third-order valence-electron chi connectivity index (χ3n) is 2.63. The predicted octanol–water partition coefficient (Wildman–Crippen LogP) is 1.59. The monoisotopic (exact) mass is 234 g/mol. The fraction of sp³-hybridized carbons (Fsp3) is 0.500. The molecule has 0 heterocycles. The topological polar surface area (TPSA) is 41.1 Å². The molecule has 0 aromatic heterocycles. The Balaban J connectivity index is 2.36. The van der Waals surface area contributed by atoms with Gasteiger partial charge in [-0.1, -0.05) is 44.2 Å². The molecule has 0 radical (unpaired) electrons. The zero-order valence-corrected chi connectivity index (χ0v) is 10.9. The van der Waals surface area contributed by atoms with Crippen LogP contribution in [0.4, 0.5) is 0 Å². The Morgan fingerprint density at radius 2 is 1.82 bits per heavy atom. The first kappa shape index (κ1) is 13.7. The average Bonchev–Trinajstić information content (AvgIpc) is 2.28. The number of hydrogen-bond donors (Lipinski definition) is 2. The van der Waals surface area contributed by atoms with Crippen molar-refractivity contribution in [1.29, 1.82) is 0 Å². The van der Waals surface area contributed by atoms with E-state index in [2.05, 4.69) is 24.5 Å². The van der Waals surface area contributed by atoms with E-state index < -0.39 is 0 Å². The van der Waals surface area contributed by atoms with Crippen molar-refractivity contribution < 1.29 is 4.79 Å². The Hall–Kier alpha value is -1.35. The van der Waals surface area contributed by atoms with Gasteiger partial charge in [0, 0.05) is 13.1 Å². The van der Waals surface area contributed by atoms with Crippen LogP contribution in [0.15, 0.2) is 30.3 Å². The van der Waals surface area contributed by atoms with Crippen LogP contribution in [0.1, 0.15) is 19.4 Å². The minimum atomic E-state index is 0.0837. The zero-order valence-electron chi connectivity index (χ0n) is 10.9. The number of rotatable bonds is 6. The molecule has 0 spiro atoms. The molecule has 1 amide bonds. The van der Waals surface area contributed by atoms with Crippen molar-refractivity contribution in [2.75, 3.05) is 20.1 Å². The molecule has 0 atom stereocenters. The highest BCUT2D eigenvalue weighted by Crippen LogP contribution is 2.11. The third-order valence-corrected chi connectivity index (χ3v) is 2.63. The van der Waals surface area contributed by atoms with Gasteiger partial charge in [-0.3, -0.25) is 4.79 Å². The van der Waals surface area contributed by atoms with E-state index in [9.17, 15) is 4.79 Å². The van der Waals surface area contributed by atoms with Crippen molar-refractivity contribution >= 4 is 5.91 Å². The lowest BCUT2D eigenvalue weighted by atomic mass is 9.93. The first-order chi connectivity index (χ1) is 8.03. The van der Waals surface area contributed by atoms with E-state index in [4.69, 9.17) is 0 Å². The average molecular weight is 234 g/mol. The Kier molecular flexibility index (Phi) is 5.16. The van der Waals surface area contributed by atoms with Crippen LogP contribution in [-0.2, 0) is 11.2 Å². The first-order valence-electron chi connectivity index (χ1n) is 5.99. The van der Waals surface area contributed by atoms with Gasteiger partial charge < -0.3 is 10.6 Å². The van der Waals surface area contributed by atoms with Crippen molar-refractivity contribution in [1.82, 2.24) is 10.6 Å². The van der Waals surface area contributed by atoms with E-state index >= 15 is 0 Å². The van der Waals surface area contributed by atoms with Crippen LogP contribution in [0.3, 0.4) is 0 Å². The van der Waals surface area contributed by atoms with Gasteiger partial charge in [-0.2, -0.15) is 0 Å². The highest BCUT2D eigenvalue weighted by atomic mass is 16.1. The van der Waals surface area contributed by atoms with Gasteiger partial charge in [-0.25, -0.2) is 0 Å². The molecule has 0 fully saturated rings. The minimum absolute atomic E-state index is 0.0837. The SMILES string of the molecule is CNCC(C)(C)CNC(=O)Cc1ccccc1. The summed E-state index contributed by atoms with van der Waals surface area (Å²) in [5.74, 6) is 0.0837. The lowest BCUT2D eigenvalue weighted by Gasteiger charge is -2.24. The molecule has 0 unspecified atom stereocenters. The summed E-state index contributed by atoms with van der Waals surface area (Å²) >= 11 is 0. The molecule has 0 saturated carbocycles. The normalized spacial score (nSPS) is 11.2. The van der Waals surface area contributed by atoms with Crippen molar-refractivity contribution in [3.8, 4) is 0 Å². The lowest BCUT2D eigenvalue weighted by molar-refractivity contribution is -0.120. The van der Waals surface area contributed by atoms with Gasteiger partial charge in [0.05, 0.1) is 6.42 Å². The molecule has 0 bridgehead atoms. The van der Waals surface area contributed by atoms with Crippen LogP contribution in [0.25, 0.3) is 0 Å². The standard InChI is InChI=1S/C14H22N2O/c1-14(2,10-15-3)11-16-13(17)9-12-7-5-4-6-8-12/h4-8,15H,9-11H2,1-3H3,(H,16,17). The summed E-state index contributed by atoms with van der Waals surface area (Å²) in [7, 11) is 1.92. The smallest absolute Gasteiger partial charge is 0.224 e. The molecule has 3 heteroatoms. The zero-order chi connectivity index (χ0) is 12.7. The van der Waals surface area contributed by atoms with Crippen molar-refractivity contribution in [3.63, 3.8) is 0 Å². The molecular formula is C14H22N2O. The summed E-state index contributed by atoms with van der Waals surface area (Å²) in [6.45, 7) is 5.84. The van der Waals surface area contributed by atoms with E-state index in [1.54, 1.807) is 0 Å². The van der Waals surface area contributed by atoms with E-state index in [-0.39, 0.29) is 11.3 Å². The lowest BCUT2D eigenvalue weighted by Crippen LogP contribution is -2.39. The van der Waals surface area contributed by atoms with Crippen LogP contribution in [-0.4, -0.2) is 26.0 Å². The number of benzene rings is 1. The maximum Gasteiger partial charge on any atom is 0.224 e. The van der Waals surface area contributed by atoms with Gasteiger partial charge in [-0.15, -0.1) is 0 Å². The van der Waals surface area contributed by atoms with Gasteiger partial charge in [0.15, 0.2) is 0 Å². The highest BCUT2D eigenvalue weighted by molar-refractivity contribution is 5.78. The van der Waals surface area contributed by atoms with Gasteiger partial charge in [0.1, 0.15) is 0 Å². The van der Waals surface area contributed by atoms with E-state index in [0.717, 1.165) is 12.1 Å². The molecule has 94 valence electrons. The fourth-order valence-electron chi connectivity index (χ4n) is 1.72. The number of carbonyl (C=O) groups is 1. The number of nitrogens with one attached hydrogen (secondary N) is 2. The maximum atomic E-state index is 11.7. The van der Waals surface area contributed by atoms with E-state index in [1.165, 1.54) is 0 Å². The van der Waals surface area contributed by atoms with Crippen molar-refractivity contribution in [3.05, 3.63) is 35.9 Å². The number of carbonyl (C=O) groups excluding carboxylic acids is 1. The molecule has 0 aliphatic heterocycles. The molecule has 3 nitrogen and oxygen atoms in total. The second kappa shape index (κ2) is 6.40. The number of amides is 1. The van der Waals surface area contributed by atoms with Gasteiger partial charge in [0.2, 0.25) is 5.91 Å². The van der Waals surface area contributed by atoms with Gasteiger partial charge in [-0.05, 0) is 18.0 Å². The summed E-state index contributed by atoms with van der Waals surface area (Å²) < 4.78 is 0. The second-order valence-electron chi connectivity index (χ2n) is 5.13. The minimum Gasteiger partial charge on any atom is -0.355 e. The molecule has 1 rings (SSSR count). The Labute approximate surface area is 104 Å². The molecule has 0 saturated heterocycles. The summed E-state index contributed by atoms with van der Waals surface area (Å²) in [4.78, 5) is 11.7. The molecule has 2 N–H and O–H groups in total. The van der Waals surface area contributed by atoms with Crippen LogP contribution in [0.5, 0.6) is 0 Å². The van der Waals surface area contributed by atoms with Gasteiger partial charge >= 0.3 is 0 Å². The molecule has 1 aromatic rings. The summed E-state index contributed by atoms with van der Waals surface area (Å²) in [5.41, 5.74) is 1.14. The quantitative estimate of drug-likeness (QED) is 0.785. The molecule has 0 aliphatic carbocycles. The third kappa shape index (κ3) is 5.50. The van der Waals surface area contributed by atoms with E-state index in [0.29, 0.717) is 13.0 Å². The summed E-state index contributed by atoms with van der Waals surface area (Å²) in [6, 6.07) is 9.80. The van der Waals surface area contributed by atoms with Crippen molar-refractivity contribution in [2.24, 2.45) is 5.41 Å². The van der Waals surface area contributed by atoms with Crippen LogP contribution in [0.2, 0.25) is 0 Å². The number of hydrogen-bond acceptors (Lipinski definition) is 2. The van der Waals surface area contributed by atoms with Crippen LogP contribution >= 0.6 is 0 Å². The van der Waals surface area contributed by atoms with Crippen LogP contribution in [0, 0.1) is 5.41 Å². The molecule has 0 aliphatic rings. The van der Waals surface area contributed by atoms with Crippen molar-refractivity contribution in [2.45, 2.75) is 20.3 Å². The summed E-state index contributed by atoms with van der Waals surface area (Å²) in [5, 5.41) is 6.11. The maximum absolute atomic E-state index is 11.7. The largest absolute Gasteiger partial charge is 0.355 e. The Morgan fingerprint density at radius 1 is 1.18 bits per heavy atom. The molecule has 17 heavy (non-hydrogen) atoms. The summed E-state index contributed by atoms with van der Waals surface area (Å²) in [6.07, 6.45) is 0.455. The Morgan fingerprint density at radius 3 is 2.41 bits per heavy atom. The highest BCUT2D eigenvalue weighted by Gasteiger charge is 2.17. The molecule has 1 aromatic carbocycles. The Bertz CT molecular complexity index is 346. The predicted molar refractivity (Wildman–Crippen MR) is 70.9 cm³/mol. The van der Waals surface area contributed by atoms with E-state index in [1.807, 2.05) is 37.4 Å². The second-order valence-corrected chi connectivity index (χ2v) is 5.13. The fourth-order valence-corrected chi connectivity index (χ4v) is 1.72. The molecular weight excluding hydrogens is 212 g/mol. The first-order valence-corrected chi connectivity index (χ1v) is 5.99. The van der Waals surface area contributed by atoms with Crippen LogP contribution < -0.4 is 10.6 Å².